The van der Waals surface area contributed by atoms with Crippen LogP contribution in [0.4, 0.5) is 13.2 Å². The highest BCUT2D eigenvalue weighted by Gasteiger charge is 2.38. The Kier molecular flexibility index (Phi) is 5.64. The maximum absolute atomic E-state index is 13.7. The summed E-state index contributed by atoms with van der Waals surface area (Å²) in [4.78, 5) is 25.4. The van der Waals surface area contributed by atoms with E-state index in [0.29, 0.717) is 5.56 Å². The van der Waals surface area contributed by atoms with Crippen LogP contribution in [0.1, 0.15) is 42.3 Å². The minimum absolute atomic E-state index is 0.113. The van der Waals surface area contributed by atoms with Crippen LogP contribution in [0.15, 0.2) is 24.3 Å². The second-order valence-corrected chi connectivity index (χ2v) is 7.60. The number of hydrogen-bond acceptors (Lipinski definition) is 3. The number of carbonyl (C=O) groups is 2. The summed E-state index contributed by atoms with van der Waals surface area (Å²) < 4.78 is 46.1. The summed E-state index contributed by atoms with van der Waals surface area (Å²) in [7, 11) is 2.54. The van der Waals surface area contributed by atoms with Gasteiger partial charge in [-0.15, -0.1) is 0 Å². The van der Waals surface area contributed by atoms with Crippen molar-refractivity contribution >= 4 is 22.6 Å². The zero-order valence-corrected chi connectivity index (χ0v) is 16.4. The fourth-order valence-electron chi connectivity index (χ4n) is 3.20. The highest BCUT2D eigenvalue weighted by Crippen LogP contribution is 2.43. The first-order chi connectivity index (χ1) is 12.8. The molecule has 2 N–H and O–H groups in total. The Balaban J connectivity index is 2.92. The maximum Gasteiger partial charge on any atom is 0.420 e. The number of methoxy groups -OCH3 is 1. The van der Waals surface area contributed by atoms with Crippen molar-refractivity contribution in [3.63, 3.8) is 0 Å². The first-order valence-electron chi connectivity index (χ1n) is 8.54. The molecule has 2 aromatic carbocycles. The summed E-state index contributed by atoms with van der Waals surface area (Å²) in [6.45, 7) is 5.22. The third kappa shape index (κ3) is 4.05. The van der Waals surface area contributed by atoms with E-state index in [-0.39, 0.29) is 28.6 Å². The molecule has 5 nitrogen and oxygen atoms in total. The van der Waals surface area contributed by atoms with Crippen molar-refractivity contribution in [1.82, 2.24) is 4.90 Å². The van der Waals surface area contributed by atoms with Crippen LogP contribution in [0.2, 0.25) is 0 Å². The van der Waals surface area contributed by atoms with E-state index in [9.17, 15) is 22.8 Å². The van der Waals surface area contributed by atoms with Gasteiger partial charge in [-0.2, -0.15) is 13.2 Å². The zero-order valence-electron chi connectivity index (χ0n) is 16.4. The van der Waals surface area contributed by atoms with E-state index in [1.165, 1.54) is 31.3 Å². The monoisotopic (exact) mass is 396 g/mol. The van der Waals surface area contributed by atoms with E-state index in [1.54, 1.807) is 0 Å². The lowest BCUT2D eigenvalue weighted by Crippen LogP contribution is -2.36. The van der Waals surface area contributed by atoms with Crippen molar-refractivity contribution in [1.29, 1.82) is 0 Å². The summed E-state index contributed by atoms with van der Waals surface area (Å²) in [5.41, 5.74) is 4.38. The second-order valence-electron chi connectivity index (χ2n) is 7.60. The SMILES string of the molecule is COc1ccc2c(C(=O)N(C)CC(N)=O)c(C(C)(C)C)ccc2c1C(F)(F)F. The van der Waals surface area contributed by atoms with E-state index in [4.69, 9.17) is 10.5 Å². The molecule has 2 aromatic rings. The molecule has 0 unspecified atom stereocenters. The van der Waals surface area contributed by atoms with Gasteiger partial charge < -0.3 is 15.4 Å². The summed E-state index contributed by atoms with van der Waals surface area (Å²) in [5.74, 6) is -1.62. The Labute approximate surface area is 161 Å². The van der Waals surface area contributed by atoms with Gasteiger partial charge in [0.05, 0.1) is 19.2 Å². The van der Waals surface area contributed by atoms with Gasteiger partial charge in [0, 0.05) is 7.05 Å². The standard InChI is InChI=1S/C20H23F3N2O3/c1-19(2,3)13-8-6-12-11(16(13)18(27)25(4)10-15(24)26)7-9-14(28-5)17(12)20(21,22)23/h6-9H,10H2,1-5H3,(H2,24,26). The molecule has 0 radical (unpaired) electrons. The van der Waals surface area contributed by atoms with Gasteiger partial charge in [-0.25, -0.2) is 0 Å². The molecule has 0 fully saturated rings. The molecule has 0 aliphatic rings. The maximum atomic E-state index is 13.7. The van der Waals surface area contributed by atoms with Gasteiger partial charge in [0.1, 0.15) is 11.3 Å². The summed E-state index contributed by atoms with van der Waals surface area (Å²) in [6.07, 6.45) is -4.67. The lowest BCUT2D eigenvalue weighted by molar-refractivity contribution is -0.137. The van der Waals surface area contributed by atoms with Gasteiger partial charge in [0.15, 0.2) is 0 Å². The summed E-state index contributed by atoms with van der Waals surface area (Å²) in [6, 6.07) is 5.50. The van der Waals surface area contributed by atoms with Crippen LogP contribution in [-0.2, 0) is 16.4 Å². The lowest BCUT2D eigenvalue weighted by Gasteiger charge is -2.27. The van der Waals surface area contributed by atoms with Crippen molar-refractivity contribution < 1.29 is 27.5 Å². The number of benzene rings is 2. The van der Waals surface area contributed by atoms with Gasteiger partial charge in [-0.05, 0) is 33.9 Å². The van der Waals surface area contributed by atoms with Crippen LogP contribution >= 0.6 is 0 Å². The molecular formula is C20H23F3N2O3. The Morgan fingerprint density at radius 3 is 2.11 bits per heavy atom. The van der Waals surface area contributed by atoms with Crippen molar-refractivity contribution in [2.45, 2.75) is 32.4 Å². The first kappa shape index (κ1) is 21.5. The molecule has 0 saturated carbocycles. The van der Waals surface area contributed by atoms with Gasteiger partial charge in [-0.3, -0.25) is 9.59 Å². The number of amides is 2. The molecule has 28 heavy (non-hydrogen) atoms. The minimum atomic E-state index is -4.67. The molecule has 0 saturated heterocycles. The van der Waals surface area contributed by atoms with Crippen molar-refractivity contribution in [2.75, 3.05) is 20.7 Å². The number of alkyl halides is 3. The molecule has 0 aliphatic carbocycles. The molecule has 152 valence electrons. The van der Waals surface area contributed by atoms with Crippen LogP contribution < -0.4 is 10.5 Å². The molecule has 0 aromatic heterocycles. The van der Waals surface area contributed by atoms with Crippen LogP contribution in [-0.4, -0.2) is 37.4 Å². The average molecular weight is 396 g/mol. The van der Waals surface area contributed by atoms with Gasteiger partial charge >= 0.3 is 6.18 Å². The number of hydrogen-bond donors (Lipinski definition) is 1. The molecule has 0 atom stereocenters. The lowest BCUT2D eigenvalue weighted by atomic mass is 9.80. The Hall–Kier alpha value is -2.77. The van der Waals surface area contributed by atoms with Crippen LogP contribution in [0.25, 0.3) is 10.8 Å². The number of halogens is 3. The van der Waals surface area contributed by atoms with Crippen molar-refractivity contribution in [3.05, 3.63) is 41.0 Å². The van der Waals surface area contributed by atoms with Crippen LogP contribution in [0, 0.1) is 0 Å². The number of ether oxygens (including phenoxy) is 1. The average Bonchev–Trinajstić information content (AvgIpc) is 2.56. The number of carbonyl (C=O) groups excluding carboxylic acids is 2. The topological polar surface area (TPSA) is 72.6 Å². The molecule has 8 heteroatoms. The number of nitrogens with two attached hydrogens (primary N) is 1. The molecule has 0 aliphatic heterocycles. The van der Waals surface area contributed by atoms with E-state index in [0.717, 1.165) is 12.0 Å². The number of primary amides is 1. The largest absolute Gasteiger partial charge is 0.496 e. The summed E-state index contributed by atoms with van der Waals surface area (Å²) >= 11 is 0. The molecule has 2 rings (SSSR count). The van der Waals surface area contributed by atoms with Gasteiger partial charge in [0.2, 0.25) is 5.91 Å². The predicted molar refractivity (Wildman–Crippen MR) is 100 cm³/mol. The Bertz CT molecular complexity index is 931. The van der Waals surface area contributed by atoms with Crippen molar-refractivity contribution in [3.8, 4) is 5.75 Å². The molecule has 0 heterocycles. The summed E-state index contributed by atoms with van der Waals surface area (Å²) in [5, 5.41) is -0.00227. The zero-order chi connectivity index (χ0) is 21.4. The van der Waals surface area contributed by atoms with Crippen LogP contribution in [0.3, 0.4) is 0 Å². The number of fused-ring (bicyclic) bond motifs is 1. The number of likely N-dealkylation sites (N-methyl/N-ethyl adjacent to an activating group) is 1. The molecular weight excluding hydrogens is 373 g/mol. The van der Waals surface area contributed by atoms with Gasteiger partial charge in [-0.1, -0.05) is 32.9 Å². The van der Waals surface area contributed by atoms with E-state index in [1.807, 2.05) is 20.8 Å². The van der Waals surface area contributed by atoms with Crippen molar-refractivity contribution in [2.24, 2.45) is 5.73 Å². The number of rotatable bonds is 4. The number of nitrogens with zero attached hydrogens (tertiary/aromatic N) is 1. The third-order valence-corrected chi connectivity index (χ3v) is 4.43. The molecule has 2 amide bonds. The highest BCUT2D eigenvalue weighted by molar-refractivity contribution is 6.10. The van der Waals surface area contributed by atoms with Gasteiger partial charge in [0.25, 0.3) is 5.91 Å². The highest BCUT2D eigenvalue weighted by atomic mass is 19.4. The van der Waals surface area contributed by atoms with E-state index >= 15 is 0 Å². The third-order valence-electron chi connectivity index (χ3n) is 4.43. The fraction of sp³-hybridized carbons (Fsp3) is 0.400. The smallest absolute Gasteiger partial charge is 0.420 e. The first-order valence-corrected chi connectivity index (χ1v) is 8.54. The van der Waals surface area contributed by atoms with Crippen LogP contribution in [0.5, 0.6) is 5.75 Å². The Morgan fingerprint density at radius 1 is 1.07 bits per heavy atom. The Morgan fingerprint density at radius 2 is 1.64 bits per heavy atom. The quantitative estimate of drug-likeness (QED) is 0.856. The predicted octanol–water partition coefficient (Wildman–Crippen LogP) is 3.72. The van der Waals surface area contributed by atoms with E-state index in [2.05, 4.69) is 0 Å². The van der Waals surface area contributed by atoms with E-state index < -0.39 is 29.0 Å². The minimum Gasteiger partial charge on any atom is -0.496 e. The second kappa shape index (κ2) is 7.33. The fourth-order valence-corrected chi connectivity index (χ4v) is 3.20. The molecule has 0 spiro atoms. The molecule has 0 bridgehead atoms. The normalized spacial score (nSPS) is 12.1.